The van der Waals surface area contributed by atoms with Crippen molar-refractivity contribution in [3.63, 3.8) is 0 Å². The number of nitriles is 1. The van der Waals surface area contributed by atoms with E-state index in [1.54, 1.807) is 35.2 Å². The quantitative estimate of drug-likeness (QED) is 0.241. The van der Waals surface area contributed by atoms with Gasteiger partial charge in [-0.3, -0.25) is 19.1 Å². The van der Waals surface area contributed by atoms with Gasteiger partial charge in [-0.25, -0.2) is 4.79 Å². The number of hydrogen-bond acceptors (Lipinski definition) is 7. The van der Waals surface area contributed by atoms with Crippen LogP contribution in [-0.4, -0.2) is 59.5 Å². The fourth-order valence-corrected chi connectivity index (χ4v) is 7.17. The van der Waals surface area contributed by atoms with Crippen LogP contribution >= 0.6 is 11.3 Å². The number of hydrogen-bond donors (Lipinski definition) is 0. The summed E-state index contributed by atoms with van der Waals surface area (Å²) in [5.74, 6) is -0.851. The molecule has 0 unspecified atom stereocenters. The minimum absolute atomic E-state index is 0.0346. The molecule has 4 aromatic carbocycles. The summed E-state index contributed by atoms with van der Waals surface area (Å²) in [7, 11) is 1.32. The van der Waals surface area contributed by atoms with Crippen LogP contribution in [0.1, 0.15) is 38.7 Å². The number of nitrogens with zero attached hydrogens (tertiary/aromatic N) is 4. The third-order valence-corrected chi connectivity index (χ3v) is 9.64. The molecule has 1 amide bonds. The predicted octanol–water partition coefficient (Wildman–Crippen LogP) is 4.43. The first-order chi connectivity index (χ1) is 23.4. The minimum atomic E-state index is -0.454. The molecule has 240 valence electrons. The summed E-state index contributed by atoms with van der Waals surface area (Å²) < 4.78 is 6.91. The van der Waals surface area contributed by atoms with E-state index in [-0.39, 0.29) is 21.8 Å². The van der Waals surface area contributed by atoms with Crippen LogP contribution in [0, 0.1) is 18.3 Å². The molecular weight excluding hydrogens is 621 g/mol. The zero-order valence-electron chi connectivity index (χ0n) is 26.7. The second-order valence-corrected chi connectivity index (χ2v) is 12.5. The van der Waals surface area contributed by atoms with Crippen LogP contribution < -0.4 is 14.8 Å². The normalized spacial score (nSPS) is 14.5. The third kappa shape index (κ3) is 6.63. The van der Waals surface area contributed by atoms with Gasteiger partial charge in [-0.1, -0.05) is 91.0 Å². The van der Waals surface area contributed by atoms with Crippen molar-refractivity contribution in [2.45, 2.75) is 13.0 Å². The molecule has 0 spiro atoms. The van der Waals surface area contributed by atoms with Gasteiger partial charge in [0, 0.05) is 26.2 Å². The lowest BCUT2D eigenvalue weighted by Crippen LogP contribution is -2.50. The maximum atomic E-state index is 14.1. The molecule has 1 aromatic heterocycles. The second-order valence-electron chi connectivity index (χ2n) is 11.5. The molecule has 0 bridgehead atoms. The number of thiazole rings is 1. The maximum absolute atomic E-state index is 14.1. The molecule has 0 N–H and O–H groups in total. The number of ether oxygens (including phenoxy) is 1. The van der Waals surface area contributed by atoms with Gasteiger partial charge >= 0.3 is 5.97 Å². The minimum Gasteiger partial charge on any atom is -0.465 e. The summed E-state index contributed by atoms with van der Waals surface area (Å²) in [4.78, 5) is 44.1. The SMILES string of the molecule is COC(=O)c1ccc(/C=c2\s/c(=C(/C#N)C(=O)N3CCN(C(c4ccccc4)c4ccccc4)CC3)n(-c3ccccc3C)c2=O)cc1. The number of carbonyl (C=O) groups is 2. The molecule has 5 aromatic rings. The fourth-order valence-electron chi connectivity index (χ4n) is 6.08. The Morgan fingerprint density at radius 3 is 1.98 bits per heavy atom. The molecule has 6 rings (SSSR count). The molecule has 1 aliphatic heterocycles. The molecular formula is C39H34N4O4S. The molecule has 0 saturated carbocycles. The Labute approximate surface area is 282 Å². The molecule has 8 nitrogen and oxygen atoms in total. The van der Waals surface area contributed by atoms with Crippen molar-refractivity contribution in [1.82, 2.24) is 14.4 Å². The largest absolute Gasteiger partial charge is 0.465 e. The van der Waals surface area contributed by atoms with Crippen LogP contribution in [0.25, 0.3) is 17.3 Å². The Hall–Kier alpha value is -5.56. The Morgan fingerprint density at radius 2 is 1.42 bits per heavy atom. The molecule has 1 saturated heterocycles. The van der Waals surface area contributed by atoms with Gasteiger partial charge in [0.25, 0.3) is 11.5 Å². The predicted molar refractivity (Wildman–Crippen MR) is 187 cm³/mol. The second kappa shape index (κ2) is 14.5. The molecule has 2 heterocycles. The number of methoxy groups -OCH3 is 1. The molecule has 48 heavy (non-hydrogen) atoms. The van der Waals surface area contributed by atoms with Crippen molar-refractivity contribution < 1.29 is 14.3 Å². The zero-order chi connectivity index (χ0) is 33.6. The number of rotatable bonds is 7. The van der Waals surface area contributed by atoms with E-state index < -0.39 is 11.9 Å². The standard InChI is InChI=1S/C39H34N4O4S/c1-27-11-9-10-16-33(27)43-37(45)34(25-28-17-19-31(20-18-28)39(46)47-2)48-38(43)32(26-40)36(44)42-23-21-41(22-24-42)35(29-12-5-3-6-13-29)30-14-7-4-8-15-30/h3-20,25,35H,21-24H2,1-2H3/b34-25-,38-32-. The van der Waals surface area contributed by atoms with Crippen molar-refractivity contribution in [2.24, 2.45) is 0 Å². The summed E-state index contributed by atoms with van der Waals surface area (Å²) in [6.45, 7) is 4.00. The summed E-state index contributed by atoms with van der Waals surface area (Å²) >= 11 is 1.11. The van der Waals surface area contributed by atoms with Crippen LogP contribution in [0.3, 0.4) is 0 Å². The van der Waals surface area contributed by atoms with Gasteiger partial charge in [0.05, 0.1) is 28.9 Å². The molecule has 1 fully saturated rings. The third-order valence-electron chi connectivity index (χ3n) is 8.55. The van der Waals surface area contributed by atoms with E-state index in [1.807, 2.05) is 67.6 Å². The highest BCUT2D eigenvalue weighted by Crippen LogP contribution is 2.29. The van der Waals surface area contributed by atoms with E-state index in [9.17, 15) is 19.6 Å². The Kier molecular flexibility index (Phi) is 9.76. The van der Waals surface area contributed by atoms with Gasteiger partial charge in [0.2, 0.25) is 0 Å². The van der Waals surface area contributed by atoms with Crippen LogP contribution in [0.5, 0.6) is 0 Å². The van der Waals surface area contributed by atoms with Crippen LogP contribution in [0.15, 0.2) is 114 Å². The first-order valence-electron chi connectivity index (χ1n) is 15.6. The lowest BCUT2D eigenvalue weighted by Gasteiger charge is -2.39. The maximum Gasteiger partial charge on any atom is 0.337 e. The fraction of sp³-hybridized carbons (Fsp3) is 0.179. The highest BCUT2D eigenvalue weighted by atomic mass is 32.1. The van der Waals surface area contributed by atoms with Gasteiger partial charge in [-0.05, 0) is 53.5 Å². The summed E-state index contributed by atoms with van der Waals surface area (Å²) in [6, 6.07) is 37.0. The number of aromatic nitrogens is 1. The molecule has 1 aliphatic rings. The van der Waals surface area contributed by atoms with Crippen molar-refractivity contribution in [3.8, 4) is 11.8 Å². The van der Waals surface area contributed by atoms with E-state index in [1.165, 1.54) is 22.8 Å². The number of esters is 1. The first-order valence-corrected chi connectivity index (χ1v) is 16.5. The van der Waals surface area contributed by atoms with E-state index >= 15 is 0 Å². The van der Waals surface area contributed by atoms with Crippen molar-refractivity contribution in [1.29, 1.82) is 5.26 Å². The van der Waals surface area contributed by atoms with E-state index in [0.717, 1.165) is 16.9 Å². The molecule has 0 aliphatic carbocycles. The molecule has 9 heteroatoms. The topological polar surface area (TPSA) is 95.6 Å². The van der Waals surface area contributed by atoms with Gasteiger partial charge < -0.3 is 9.64 Å². The van der Waals surface area contributed by atoms with E-state index in [2.05, 4.69) is 35.2 Å². The summed E-state index contributed by atoms with van der Waals surface area (Å²) in [6.07, 6.45) is 1.71. The van der Waals surface area contributed by atoms with E-state index in [0.29, 0.717) is 47.5 Å². The smallest absolute Gasteiger partial charge is 0.337 e. The lowest BCUT2D eigenvalue weighted by molar-refractivity contribution is -0.126. The number of carbonyl (C=O) groups excluding carboxylic acids is 2. The molecule has 0 atom stereocenters. The van der Waals surface area contributed by atoms with Gasteiger partial charge in [-0.15, -0.1) is 11.3 Å². The highest BCUT2D eigenvalue weighted by molar-refractivity contribution is 7.07. The Balaban J connectivity index is 1.37. The van der Waals surface area contributed by atoms with Crippen molar-refractivity contribution >= 4 is 34.9 Å². The zero-order valence-corrected chi connectivity index (χ0v) is 27.5. The number of piperazine rings is 1. The van der Waals surface area contributed by atoms with Crippen LogP contribution in [0.4, 0.5) is 0 Å². The summed E-state index contributed by atoms with van der Waals surface area (Å²) in [5, 5.41) is 10.4. The lowest BCUT2D eigenvalue weighted by atomic mass is 9.96. The number of aryl methyl sites for hydroxylation is 1. The van der Waals surface area contributed by atoms with Crippen molar-refractivity contribution in [2.75, 3.05) is 33.3 Å². The van der Waals surface area contributed by atoms with Gasteiger partial charge in [0.1, 0.15) is 10.7 Å². The molecule has 0 radical (unpaired) electrons. The monoisotopic (exact) mass is 654 g/mol. The van der Waals surface area contributed by atoms with Crippen LogP contribution in [-0.2, 0) is 9.53 Å². The van der Waals surface area contributed by atoms with Crippen LogP contribution in [0.2, 0.25) is 0 Å². The Morgan fingerprint density at radius 1 is 0.833 bits per heavy atom. The average Bonchev–Trinajstić information content (AvgIpc) is 3.44. The average molecular weight is 655 g/mol. The number of benzene rings is 4. The van der Waals surface area contributed by atoms with E-state index in [4.69, 9.17) is 4.74 Å². The van der Waals surface area contributed by atoms with Gasteiger partial charge in [0.15, 0.2) is 5.57 Å². The number of para-hydroxylation sites is 1. The van der Waals surface area contributed by atoms with Crippen molar-refractivity contribution in [3.05, 3.63) is 157 Å². The summed E-state index contributed by atoms with van der Waals surface area (Å²) in [5.41, 5.74) is 4.47. The highest BCUT2D eigenvalue weighted by Gasteiger charge is 2.30. The number of amides is 1. The first kappa shape index (κ1) is 32.4. The van der Waals surface area contributed by atoms with Gasteiger partial charge in [-0.2, -0.15) is 5.26 Å². The Bertz CT molecular complexity index is 2120.